The lowest BCUT2D eigenvalue weighted by Crippen LogP contribution is -2.16. The zero-order chi connectivity index (χ0) is 6.04. The first-order valence-electron chi connectivity index (χ1n) is 2.06. The van der Waals surface area contributed by atoms with E-state index < -0.39 is 10.1 Å². The Morgan fingerprint density at radius 2 is 2.38 bits per heavy atom. The molecule has 0 amide bonds. The van der Waals surface area contributed by atoms with Crippen LogP contribution < -0.4 is 0 Å². The Labute approximate surface area is 47.3 Å². The van der Waals surface area contributed by atoms with E-state index in [4.69, 9.17) is 0 Å². The topological polar surface area (TPSA) is 55.7 Å². The molecule has 1 heterocycles. The summed E-state index contributed by atoms with van der Waals surface area (Å²) in [5, 5.41) is 0. The maximum absolute atomic E-state index is 10.3. The molecule has 1 aliphatic heterocycles. The molecule has 0 aromatic carbocycles. The molecule has 0 bridgehead atoms. The van der Waals surface area contributed by atoms with Crippen LogP contribution in [0, 0.1) is 0 Å². The molecule has 5 heteroatoms. The Morgan fingerprint density at radius 1 is 1.62 bits per heavy atom. The molecule has 0 spiro atoms. The first-order valence-corrected chi connectivity index (χ1v) is 3.64. The third-order valence-corrected chi connectivity index (χ3v) is 1.74. The fourth-order valence-electron chi connectivity index (χ4n) is 0.356. The summed E-state index contributed by atoms with van der Waals surface area (Å²) in [4.78, 5) is 3.55. The molecule has 0 aromatic heterocycles. The molecule has 1 rings (SSSR count). The highest BCUT2D eigenvalue weighted by atomic mass is 32.2. The molecule has 0 aliphatic carbocycles. The first-order chi connectivity index (χ1) is 3.71. The monoisotopic (exact) mass is 135 g/mol. The van der Waals surface area contributed by atoms with Crippen LogP contribution in [-0.4, -0.2) is 27.1 Å². The minimum Gasteiger partial charge on any atom is -0.267 e. The van der Waals surface area contributed by atoms with Crippen molar-refractivity contribution < 1.29 is 12.6 Å². The Balaban J connectivity index is 2.79. The van der Waals surface area contributed by atoms with Gasteiger partial charge in [-0.05, 0) is 0 Å². The molecule has 0 fully saturated rings. The molecule has 4 nitrogen and oxygen atoms in total. The molecular weight excluding hydrogens is 130 g/mol. The fraction of sp³-hybridized carbons (Fsp3) is 0.667. The highest BCUT2D eigenvalue weighted by molar-refractivity contribution is 7.87. The predicted octanol–water partition coefficient (Wildman–Crippen LogP) is -0.625. The van der Waals surface area contributed by atoms with Gasteiger partial charge in [-0.2, -0.15) is 8.42 Å². The molecule has 0 unspecified atom stereocenters. The van der Waals surface area contributed by atoms with Crippen molar-refractivity contribution in [1.82, 2.24) is 0 Å². The summed E-state index contributed by atoms with van der Waals surface area (Å²) >= 11 is 0. The molecule has 0 radical (unpaired) electrons. The fourth-order valence-corrected chi connectivity index (χ4v) is 0.961. The van der Waals surface area contributed by atoms with Crippen LogP contribution in [0.1, 0.15) is 0 Å². The molecule has 0 atom stereocenters. The van der Waals surface area contributed by atoms with Crippen molar-refractivity contribution >= 4 is 16.3 Å². The number of rotatable bonds is 0. The van der Waals surface area contributed by atoms with Crippen molar-refractivity contribution in [2.75, 3.05) is 12.5 Å². The van der Waals surface area contributed by atoms with Gasteiger partial charge in [-0.15, -0.1) is 0 Å². The van der Waals surface area contributed by atoms with Crippen LogP contribution in [0.5, 0.6) is 0 Å². The van der Waals surface area contributed by atoms with Gasteiger partial charge < -0.3 is 0 Å². The van der Waals surface area contributed by atoms with Crippen LogP contribution in [0.25, 0.3) is 0 Å². The van der Waals surface area contributed by atoms with E-state index in [0.29, 0.717) is 0 Å². The van der Waals surface area contributed by atoms with E-state index in [1.165, 1.54) is 6.21 Å². The van der Waals surface area contributed by atoms with E-state index in [1.807, 2.05) is 0 Å². The lowest BCUT2D eigenvalue weighted by Gasteiger charge is -2.02. The molecular formula is C3H5NO3S. The van der Waals surface area contributed by atoms with Gasteiger partial charge in [-0.25, -0.2) is 4.18 Å². The summed E-state index contributed by atoms with van der Waals surface area (Å²) in [5.74, 6) is -0.0903. The molecule has 1 aliphatic rings. The van der Waals surface area contributed by atoms with E-state index in [9.17, 15) is 8.42 Å². The third-order valence-electron chi connectivity index (χ3n) is 0.715. The highest BCUT2D eigenvalue weighted by Crippen LogP contribution is 1.95. The van der Waals surface area contributed by atoms with Crippen LogP contribution in [0.15, 0.2) is 4.99 Å². The van der Waals surface area contributed by atoms with E-state index in [-0.39, 0.29) is 12.5 Å². The summed E-state index contributed by atoms with van der Waals surface area (Å²) in [7, 11) is -3.23. The van der Waals surface area contributed by atoms with Crippen LogP contribution >= 0.6 is 0 Å². The normalized spacial score (nSPS) is 25.5. The van der Waals surface area contributed by atoms with Crippen molar-refractivity contribution in [2.45, 2.75) is 0 Å². The maximum Gasteiger partial charge on any atom is 0.274 e. The van der Waals surface area contributed by atoms with Gasteiger partial charge in [0.25, 0.3) is 10.1 Å². The molecule has 46 valence electrons. The molecule has 0 saturated heterocycles. The SMILES string of the molecule is O=S1(=O)CC=NCO1. The van der Waals surface area contributed by atoms with Crippen molar-refractivity contribution in [1.29, 1.82) is 0 Å². The second-order valence-corrected chi connectivity index (χ2v) is 3.02. The second-order valence-electron chi connectivity index (χ2n) is 1.34. The molecule has 0 aromatic rings. The van der Waals surface area contributed by atoms with Gasteiger partial charge in [-0.1, -0.05) is 0 Å². The molecule has 8 heavy (non-hydrogen) atoms. The van der Waals surface area contributed by atoms with Gasteiger partial charge in [0.15, 0.2) is 6.73 Å². The lowest BCUT2D eigenvalue weighted by atomic mass is 10.9. The predicted molar refractivity (Wildman–Crippen MR) is 28.2 cm³/mol. The van der Waals surface area contributed by atoms with Gasteiger partial charge in [0.1, 0.15) is 5.75 Å². The van der Waals surface area contributed by atoms with Gasteiger partial charge in [0.05, 0.1) is 0 Å². The standard InChI is InChI=1S/C3H5NO3S/c5-8(6)2-1-4-3-7-8/h1H,2-3H2. The number of hydrogen-bond donors (Lipinski definition) is 0. The minimum atomic E-state index is -3.23. The smallest absolute Gasteiger partial charge is 0.267 e. The Bertz CT molecular complexity index is 193. The van der Waals surface area contributed by atoms with Crippen LogP contribution in [0.4, 0.5) is 0 Å². The van der Waals surface area contributed by atoms with Gasteiger partial charge in [0, 0.05) is 6.21 Å². The largest absolute Gasteiger partial charge is 0.274 e. The zero-order valence-corrected chi connectivity index (χ0v) is 4.89. The van der Waals surface area contributed by atoms with Crippen LogP contribution in [0.3, 0.4) is 0 Å². The first kappa shape index (κ1) is 5.71. The number of nitrogens with zero attached hydrogens (tertiary/aromatic N) is 1. The average molecular weight is 135 g/mol. The maximum atomic E-state index is 10.3. The average Bonchev–Trinajstić information content (AvgIpc) is 1.65. The zero-order valence-electron chi connectivity index (χ0n) is 4.07. The Hall–Kier alpha value is -0.420. The summed E-state index contributed by atoms with van der Waals surface area (Å²) in [6.07, 6.45) is 1.33. The summed E-state index contributed by atoms with van der Waals surface area (Å²) in [6.45, 7) is -0.0532. The summed E-state index contributed by atoms with van der Waals surface area (Å²) < 4.78 is 24.9. The lowest BCUT2D eigenvalue weighted by molar-refractivity contribution is 0.328. The Morgan fingerprint density at radius 3 is 2.62 bits per heavy atom. The third kappa shape index (κ3) is 1.28. The van der Waals surface area contributed by atoms with E-state index in [1.54, 1.807) is 0 Å². The highest BCUT2D eigenvalue weighted by Gasteiger charge is 2.10. The van der Waals surface area contributed by atoms with Crippen molar-refractivity contribution in [2.24, 2.45) is 4.99 Å². The Kier molecular flexibility index (Phi) is 1.31. The van der Waals surface area contributed by atoms with Crippen molar-refractivity contribution in [3.63, 3.8) is 0 Å². The number of hydrogen-bond acceptors (Lipinski definition) is 4. The van der Waals surface area contributed by atoms with Gasteiger partial charge in [-0.3, -0.25) is 4.99 Å². The van der Waals surface area contributed by atoms with Crippen LogP contribution in [0.2, 0.25) is 0 Å². The van der Waals surface area contributed by atoms with Crippen molar-refractivity contribution in [3.05, 3.63) is 0 Å². The van der Waals surface area contributed by atoms with Gasteiger partial charge in [0.2, 0.25) is 0 Å². The summed E-state index contributed by atoms with van der Waals surface area (Å²) in [5.41, 5.74) is 0. The quantitative estimate of drug-likeness (QED) is 0.416. The number of aliphatic imine (C=N–C) groups is 1. The van der Waals surface area contributed by atoms with E-state index in [2.05, 4.69) is 9.18 Å². The van der Waals surface area contributed by atoms with Crippen molar-refractivity contribution in [3.8, 4) is 0 Å². The molecule has 0 N–H and O–H groups in total. The molecule has 0 saturated carbocycles. The van der Waals surface area contributed by atoms with Crippen LogP contribution in [-0.2, 0) is 14.3 Å². The second kappa shape index (κ2) is 1.83. The minimum absolute atomic E-state index is 0.0532. The van der Waals surface area contributed by atoms with E-state index in [0.717, 1.165) is 0 Å². The summed E-state index contributed by atoms with van der Waals surface area (Å²) in [6, 6.07) is 0. The van der Waals surface area contributed by atoms with Gasteiger partial charge >= 0.3 is 0 Å². The van der Waals surface area contributed by atoms with E-state index >= 15 is 0 Å².